The highest BCUT2D eigenvalue weighted by Gasteiger charge is 2.23. The zero-order valence-electron chi connectivity index (χ0n) is 14.4. The van der Waals surface area contributed by atoms with Gasteiger partial charge < -0.3 is 10.2 Å². The molecule has 1 aliphatic heterocycles. The van der Waals surface area contributed by atoms with Crippen molar-refractivity contribution in [3.8, 4) is 0 Å². The zero-order valence-corrected chi connectivity index (χ0v) is 16.7. The van der Waals surface area contributed by atoms with Gasteiger partial charge in [0.2, 0.25) is 5.91 Å². The van der Waals surface area contributed by atoms with Gasteiger partial charge in [0.15, 0.2) is 0 Å². The van der Waals surface area contributed by atoms with Crippen molar-refractivity contribution < 1.29 is 9.59 Å². The Morgan fingerprint density at radius 2 is 1.52 bits per heavy atom. The number of halogens is 3. The van der Waals surface area contributed by atoms with E-state index < -0.39 is 0 Å². The van der Waals surface area contributed by atoms with Gasteiger partial charge in [0.1, 0.15) is 0 Å². The number of anilines is 1. The van der Waals surface area contributed by atoms with Crippen molar-refractivity contribution >= 4 is 52.3 Å². The Hall–Kier alpha value is -1.79. The summed E-state index contributed by atoms with van der Waals surface area (Å²) in [5, 5.41) is 3.72. The number of benzene rings is 2. The number of rotatable bonds is 4. The molecule has 2 amide bonds. The Morgan fingerprint density at radius 3 is 2.11 bits per heavy atom. The smallest absolute Gasteiger partial charge is 0.253 e. The number of piperazine rings is 1. The molecule has 1 heterocycles. The molecule has 0 spiro atoms. The van der Waals surface area contributed by atoms with Gasteiger partial charge in [0.05, 0.1) is 22.3 Å². The number of hydrogen-bond acceptors (Lipinski definition) is 3. The van der Waals surface area contributed by atoms with E-state index in [1.807, 2.05) is 35.2 Å². The topological polar surface area (TPSA) is 52.7 Å². The summed E-state index contributed by atoms with van der Waals surface area (Å²) in [6.07, 6.45) is 0. The second-order valence-electron chi connectivity index (χ2n) is 6.23. The van der Waals surface area contributed by atoms with Crippen molar-refractivity contribution in [2.24, 2.45) is 0 Å². The predicted octanol–water partition coefficient (Wildman–Crippen LogP) is 4.04. The minimum Gasteiger partial charge on any atom is -0.336 e. The lowest BCUT2D eigenvalue weighted by Gasteiger charge is -2.34. The summed E-state index contributed by atoms with van der Waals surface area (Å²) in [7, 11) is 0. The SMILES string of the molecule is O=C(CN1CCN(C(=O)c2ccccc2)CC1)Nc1c(Cl)cc(Cl)cc1Cl. The van der Waals surface area contributed by atoms with Gasteiger partial charge >= 0.3 is 0 Å². The van der Waals surface area contributed by atoms with Crippen molar-refractivity contribution in [2.75, 3.05) is 38.0 Å². The largest absolute Gasteiger partial charge is 0.336 e. The fourth-order valence-electron chi connectivity index (χ4n) is 2.92. The van der Waals surface area contributed by atoms with Crippen LogP contribution < -0.4 is 5.32 Å². The van der Waals surface area contributed by atoms with E-state index >= 15 is 0 Å². The van der Waals surface area contributed by atoms with Gasteiger partial charge in [-0.3, -0.25) is 14.5 Å². The van der Waals surface area contributed by atoms with Crippen LogP contribution in [0.3, 0.4) is 0 Å². The van der Waals surface area contributed by atoms with Gasteiger partial charge in [0, 0.05) is 36.8 Å². The minimum absolute atomic E-state index is 0.0134. The number of nitrogens with one attached hydrogen (secondary N) is 1. The molecule has 0 aromatic heterocycles. The van der Waals surface area contributed by atoms with Crippen LogP contribution in [0.15, 0.2) is 42.5 Å². The molecule has 2 aromatic carbocycles. The van der Waals surface area contributed by atoms with Crippen LogP contribution in [0.2, 0.25) is 15.1 Å². The molecule has 1 N–H and O–H groups in total. The highest BCUT2D eigenvalue weighted by atomic mass is 35.5. The highest BCUT2D eigenvalue weighted by Crippen LogP contribution is 2.33. The molecule has 1 aliphatic rings. The fraction of sp³-hybridized carbons (Fsp3) is 0.263. The maximum Gasteiger partial charge on any atom is 0.253 e. The summed E-state index contributed by atoms with van der Waals surface area (Å²) >= 11 is 18.1. The van der Waals surface area contributed by atoms with E-state index in [4.69, 9.17) is 34.8 Å². The number of nitrogens with zero attached hydrogens (tertiary/aromatic N) is 2. The van der Waals surface area contributed by atoms with Gasteiger partial charge in [-0.15, -0.1) is 0 Å². The van der Waals surface area contributed by atoms with Crippen LogP contribution in [0.5, 0.6) is 0 Å². The Morgan fingerprint density at radius 1 is 0.926 bits per heavy atom. The molecule has 0 atom stereocenters. The number of hydrogen-bond donors (Lipinski definition) is 1. The highest BCUT2D eigenvalue weighted by molar-refractivity contribution is 6.42. The number of carbonyl (C=O) groups is 2. The zero-order chi connectivity index (χ0) is 19.4. The monoisotopic (exact) mass is 425 g/mol. The standard InChI is InChI=1S/C19H18Cl3N3O2/c20-14-10-15(21)18(16(22)11-14)23-17(26)12-24-6-8-25(9-7-24)19(27)13-4-2-1-3-5-13/h1-5,10-11H,6-9,12H2,(H,23,26). The molecule has 1 saturated heterocycles. The van der Waals surface area contributed by atoms with Crippen molar-refractivity contribution in [3.05, 3.63) is 63.1 Å². The number of amides is 2. The molecular weight excluding hydrogens is 409 g/mol. The number of carbonyl (C=O) groups excluding carboxylic acids is 2. The van der Waals surface area contributed by atoms with Gasteiger partial charge in [-0.2, -0.15) is 0 Å². The molecule has 142 valence electrons. The molecule has 8 heteroatoms. The first-order valence-electron chi connectivity index (χ1n) is 8.45. The Labute approximate surface area is 172 Å². The third kappa shape index (κ3) is 5.14. The second kappa shape index (κ2) is 8.93. The first-order chi connectivity index (χ1) is 12.9. The third-order valence-electron chi connectivity index (χ3n) is 4.32. The van der Waals surface area contributed by atoms with Crippen LogP contribution in [-0.2, 0) is 4.79 Å². The van der Waals surface area contributed by atoms with Crippen molar-refractivity contribution in [1.82, 2.24) is 9.80 Å². The molecule has 0 saturated carbocycles. The lowest BCUT2D eigenvalue weighted by Crippen LogP contribution is -2.50. The Kier molecular flexibility index (Phi) is 6.60. The fourth-order valence-corrected chi connectivity index (χ4v) is 3.83. The summed E-state index contributed by atoms with van der Waals surface area (Å²) in [4.78, 5) is 28.6. The second-order valence-corrected chi connectivity index (χ2v) is 7.48. The lowest BCUT2D eigenvalue weighted by atomic mass is 10.2. The summed E-state index contributed by atoms with van der Waals surface area (Å²) in [5.41, 5.74) is 1.03. The minimum atomic E-state index is -0.219. The summed E-state index contributed by atoms with van der Waals surface area (Å²) in [5.74, 6) is -0.205. The Bertz CT molecular complexity index is 814. The van der Waals surface area contributed by atoms with Gasteiger partial charge in [-0.05, 0) is 24.3 Å². The third-order valence-corrected chi connectivity index (χ3v) is 5.13. The predicted molar refractivity (Wildman–Crippen MR) is 109 cm³/mol. The summed E-state index contributed by atoms with van der Waals surface area (Å²) in [6.45, 7) is 2.58. The van der Waals surface area contributed by atoms with Crippen LogP contribution in [0, 0.1) is 0 Å². The van der Waals surface area contributed by atoms with E-state index in [0.29, 0.717) is 52.5 Å². The van der Waals surface area contributed by atoms with E-state index in [9.17, 15) is 9.59 Å². The summed E-state index contributed by atoms with van der Waals surface area (Å²) < 4.78 is 0. The molecule has 0 unspecified atom stereocenters. The van der Waals surface area contributed by atoms with Crippen molar-refractivity contribution in [1.29, 1.82) is 0 Å². The molecule has 3 rings (SSSR count). The molecule has 1 fully saturated rings. The van der Waals surface area contributed by atoms with E-state index in [2.05, 4.69) is 5.32 Å². The van der Waals surface area contributed by atoms with Crippen LogP contribution in [0.25, 0.3) is 0 Å². The van der Waals surface area contributed by atoms with Crippen LogP contribution in [0.1, 0.15) is 10.4 Å². The molecule has 5 nitrogen and oxygen atoms in total. The van der Waals surface area contributed by atoms with Gasteiger partial charge in [-0.25, -0.2) is 0 Å². The first kappa shape index (κ1) is 20.0. The summed E-state index contributed by atoms with van der Waals surface area (Å²) in [6, 6.07) is 12.2. The average molecular weight is 427 g/mol. The van der Waals surface area contributed by atoms with Gasteiger partial charge in [-0.1, -0.05) is 53.0 Å². The maximum atomic E-state index is 12.5. The molecule has 0 bridgehead atoms. The van der Waals surface area contributed by atoms with Crippen LogP contribution in [-0.4, -0.2) is 54.3 Å². The van der Waals surface area contributed by atoms with E-state index in [0.717, 1.165) is 0 Å². The van der Waals surface area contributed by atoms with Crippen LogP contribution >= 0.6 is 34.8 Å². The normalized spacial score (nSPS) is 14.9. The molecule has 0 radical (unpaired) electrons. The molecule has 2 aromatic rings. The van der Waals surface area contributed by atoms with Crippen molar-refractivity contribution in [2.45, 2.75) is 0 Å². The van der Waals surface area contributed by atoms with E-state index in [1.54, 1.807) is 4.90 Å². The quantitative estimate of drug-likeness (QED) is 0.802. The van der Waals surface area contributed by atoms with E-state index in [1.165, 1.54) is 12.1 Å². The lowest BCUT2D eigenvalue weighted by molar-refractivity contribution is -0.117. The molecule has 0 aliphatic carbocycles. The average Bonchev–Trinajstić information content (AvgIpc) is 2.65. The molecular formula is C19H18Cl3N3O2. The first-order valence-corrected chi connectivity index (χ1v) is 9.58. The van der Waals surface area contributed by atoms with Crippen molar-refractivity contribution in [3.63, 3.8) is 0 Å². The molecule has 27 heavy (non-hydrogen) atoms. The van der Waals surface area contributed by atoms with Gasteiger partial charge in [0.25, 0.3) is 5.91 Å². The maximum absolute atomic E-state index is 12.5. The van der Waals surface area contributed by atoms with E-state index in [-0.39, 0.29) is 18.4 Å². The Balaban J connectivity index is 1.52. The van der Waals surface area contributed by atoms with Crippen LogP contribution in [0.4, 0.5) is 5.69 Å².